The molecule has 0 fully saturated rings. The van der Waals surface area contributed by atoms with E-state index in [1.165, 1.54) is 18.0 Å². The summed E-state index contributed by atoms with van der Waals surface area (Å²) in [4.78, 5) is 16.1. The molecule has 0 unspecified atom stereocenters. The van der Waals surface area contributed by atoms with Crippen molar-refractivity contribution in [3.63, 3.8) is 0 Å². The first-order valence-electron chi connectivity index (χ1n) is 5.95. The van der Waals surface area contributed by atoms with Gasteiger partial charge in [0.1, 0.15) is 0 Å². The molecule has 1 aromatic carbocycles. The van der Waals surface area contributed by atoms with Crippen LogP contribution in [0.4, 0.5) is 11.4 Å². The zero-order chi connectivity index (χ0) is 15.1. The highest BCUT2D eigenvalue weighted by atomic mass is 32.2. The summed E-state index contributed by atoms with van der Waals surface area (Å²) in [6, 6.07) is 10.2. The molecule has 1 amide bonds. The van der Waals surface area contributed by atoms with Gasteiger partial charge in [-0.05, 0) is 36.6 Å². The lowest BCUT2D eigenvalue weighted by Crippen LogP contribution is -2.12. The second kappa shape index (κ2) is 7.17. The van der Waals surface area contributed by atoms with Crippen LogP contribution >= 0.6 is 11.8 Å². The Kier molecular flexibility index (Phi) is 5.01. The van der Waals surface area contributed by atoms with Gasteiger partial charge in [-0.25, -0.2) is 4.99 Å². The number of anilines is 1. The fourth-order valence-corrected chi connectivity index (χ4v) is 1.89. The van der Waals surface area contributed by atoms with Gasteiger partial charge in [0.15, 0.2) is 17.1 Å². The van der Waals surface area contributed by atoms with Gasteiger partial charge in [-0.1, -0.05) is 17.8 Å². The fraction of sp³-hybridized carbons (Fsp3) is 0.0714. The number of carbonyl (C=O) groups is 1. The van der Waals surface area contributed by atoms with E-state index in [1.54, 1.807) is 36.4 Å². The minimum Gasteiger partial charge on any atom is -0.459 e. The summed E-state index contributed by atoms with van der Waals surface area (Å²) in [5, 5.41) is 14.3. The minimum atomic E-state index is -0.332. The quantitative estimate of drug-likeness (QED) is 0.393. The zero-order valence-electron chi connectivity index (χ0n) is 11.2. The van der Waals surface area contributed by atoms with Crippen molar-refractivity contribution in [1.82, 2.24) is 5.32 Å². The van der Waals surface area contributed by atoms with E-state index < -0.39 is 0 Å². The number of amides is 1. The van der Waals surface area contributed by atoms with Gasteiger partial charge in [0, 0.05) is 5.69 Å². The lowest BCUT2D eigenvalue weighted by molar-refractivity contribution is 0.0996. The van der Waals surface area contributed by atoms with E-state index in [-0.39, 0.29) is 11.7 Å². The maximum absolute atomic E-state index is 11.9. The number of carbonyl (C=O) groups excluding carboxylic acids is 1. The Morgan fingerprint density at radius 1 is 1.38 bits per heavy atom. The van der Waals surface area contributed by atoms with Crippen molar-refractivity contribution in [3.05, 3.63) is 48.4 Å². The number of rotatable bonds is 3. The average Bonchev–Trinajstić information content (AvgIpc) is 3.01. The standard InChI is InChI=1S/C14H12N4O2S/c1-21-14(16-9-15)18-11-5-2-4-10(8-11)17-13(19)12-6-3-7-20-12/h2-8H,1H3,(H,16,18)(H,17,19). The number of furan rings is 1. The predicted octanol–water partition coefficient (Wildman–Crippen LogP) is 2.95. The molecular formula is C14H12N4O2S. The number of hydrogen-bond acceptors (Lipinski definition) is 5. The van der Waals surface area contributed by atoms with Gasteiger partial charge < -0.3 is 9.73 Å². The summed E-state index contributed by atoms with van der Waals surface area (Å²) in [6.45, 7) is 0. The molecule has 2 aromatic rings. The molecule has 2 N–H and O–H groups in total. The summed E-state index contributed by atoms with van der Waals surface area (Å²) in [5.74, 6) is -0.0961. The summed E-state index contributed by atoms with van der Waals surface area (Å²) < 4.78 is 5.02. The molecule has 0 saturated carbocycles. The van der Waals surface area contributed by atoms with E-state index in [1.807, 2.05) is 12.4 Å². The zero-order valence-corrected chi connectivity index (χ0v) is 12.0. The number of nitrogens with one attached hydrogen (secondary N) is 2. The van der Waals surface area contributed by atoms with Crippen molar-refractivity contribution in [2.75, 3.05) is 11.6 Å². The van der Waals surface area contributed by atoms with Crippen LogP contribution in [0, 0.1) is 11.5 Å². The Balaban J connectivity index is 2.14. The van der Waals surface area contributed by atoms with E-state index in [9.17, 15) is 4.79 Å². The molecule has 0 aliphatic heterocycles. The highest BCUT2D eigenvalue weighted by Gasteiger charge is 2.08. The molecule has 1 heterocycles. The third-order valence-electron chi connectivity index (χ3n) is 2.44. The third kappa shape index (κ3) is 4.12. The lowest BCUT2D eigenvalue weighted by atomic mass is 10.2. The van der Waals surface area contributed by atoms with Crippen LogP contribution in [0.15, 0.2) is 52.1 Å². The van der Waals surface area contributed by atoms with Crippen LogP contribution in [0.25, 0.3) is 0 Å². The van der Waals surface area contributed by atoms with Crippen LogP contribution in [0.3, 0.4) is 0 Å². The SMILES string of the molecule is CSC(=Nc1cccc(NC(=O)c2ccco2)c1)NC#N. The summed E-state index contributed by atoms with van der Waals surface area (Å²) in [7, 11) is 0. The normalized spacial score (nSPS) is 10.8. The number of hydrogen-bond donors (Lipinski definition) is 2. The van der Waals surface area contributed by atoms with Crippen molar-refractivity contribution < 1.29 is 9.21 Å². The second-order valence-electron chi connectivity index (χ2n) is 3.84. The molecule has 106 valence electrons. The van der Waals surface area contributed by atoms with E-state index in [2.05, 4.69) is 15.6 Å². The van der Waals surface area contributed by atoms with Gasteiger partial charge in [-0.15, -0.1) is 0 Å². The Bertz CT molecular complexity index is 689. The first-order chi connectivity index (χ1) is 10.2. The second-order valence-corrected chi connectivity index (χ2v) is 4.63. The molecule has 0 bridgehead atoms. The summed E-state index contributed by atoms with van der Waals surface area (Å²) >= 11 is 1.32. The molecule has 6 nitrogen and oxygen atoms in total. The number of benzene rings is 1. The van der Waals surface area contributed by atoms with Crippen molar-refractivity contribution in [3.8, 4) is 6.19 Å². The minimum absolute atomic E-state index is 0.236. The van der Waals surface area contributed by atoms with Gasteiger partial charge >= 0.3 is 0 Å². The number of aliphatic imine (C=N–C) groups is 1. The monoisotopic (exact) mass is 300 g/mol. The molecule has 1 aromatic heterocycles. The Morgan fingerprint density at radius 3 is 2.90 bits per heavy atom. The first-order valence-corrected chi connectivity index (χ1v) is 7.18. The molecule has 0 radical (unpaired) electrons. The van der Waals surface area contributed by atoms with Gasteiger partial charge in [0.2, 0.25) is 0 Å². The highest BCUT2D eigenvalue weighted by Crippen LogP contribution is 2.20. The Hall–Kier alpha value is -2.72. The Labute approximate surface area is 125 Å². The largest absolute Gasteiger partial charge is 0.459 e. The van der Waals surface area contributed by atoms with E-state index in [0.717, 1.165) is 0 Å². The van der Waals surface area contributed by atoms with Gasteiger partial charge in [0.05, 0.1) is 12.0 Å². The van der Waals surface area contributed by atoms with Crippen LogP contribution in [0.5, 0.6) is 0 Å². The number of nitriles is 1. The highest BCUT2D eigenvalue weighted by molar-refractivity contribution is 8.13. The number of nitrogens with zero attached hydrogens (tertiary/aromatic N) is 2. The molecule has 0 aliphatic carbocycles. The number of thioether (sulfide) groups is 1. The first kappa shape index (κ1) is 14.7. The molecule has 0 atom stereocenters. The molecule has 2 rings (SSSR count). The van der Waals surface area contributed by atoms with Gasteiger partial charge in [-0.3, -0.25) is 10.1 Å². The molecule has 21 heavy (non-hydrogen) atoms. The molecule has 7 heteroatoms. The van der Waals surface area contributed by atoms with Gasteiger partial charge in [-0.2, -0.15) is 5.26 Å². The predicted molar refractivity (Wildman–Crippen MR) is 82.5 cm³/mol. The number of amidine groups is 1. The fourth-order valence-electron chi connectivity index (χ4n) is 1.54. The van der Waals surface area contributed by atoms with Crippen molar-refractivity contribution in [1.29, 1.82) is 5.26 Å². The van der Waals surface area contributed by atoms with E-state index >= 15 is 0 Å². The summed E-state index contributed by atoms with van der Waals surface area (Å²) in [5.41, 5.74) is 1.22. The van der Waals surface area contributed by atoms with Crippen molar-refractivity contribution in [2.24, 2.45) is 4.99 Å². The van der Waals surface area contributed by atoms with Crippen molar-refractivity contribution in [2.45, 2.75) is 0 Å². The molecular weight excluding hydrogens is 288 g/mol. The maximum Gasteiger partial charge on any atom is 0.291 e. The topological polar surface area (TPSA) is 90.4 Å². The van der Waals surface area contributed by atoms with E-state index in [0.29, 0.717) is 16.5 Å². The summed E-state index contributed by atoms with van der Waals surface area (Å²) in [6.07, 6.45) is 5.07. The van der Waals surface area contributed by atoms with Crippen LogP contribution in [-0.2, 0) is 0 Å². The lowest BCUT2D eigenvalue weighted by Gasteiger charge is -2.05. The van der Waals surface area contributed by atoms with Crippen molar-refractivity contribution >= 4 is 34.2 Å². The maximum atomic E-state index is 11.9. The average molecular weight is 300 g/mol. The van der Waals surface area contributed by atoms with E-state index in [4.69, 9.17) is 9.68 Å². The molecule has 0 aliphatic rings. The van der Waals surface area contributed by atoms with Crippen LogP contribution in [-0.4, -0.2) is 17.3 Å². The van der Waals surface area contributed by atoms with Crippen LogP contribution in [0.1, 0.15) is 10.6 Å². The molecule has 0 saturated heterocycles. The van der Waals surface area contributed by atoms with Crippen LogP contribution in [0.2, 0.25) is 0 Å². The third-order valence-corrected chi connectivity index (χ3v) is 3.02. The van der Waals surface area contributed by atoms with Gasteiger partial charge in [0.25, 0.3) is 5.91 Å². The van der Waals surface area contributed by atoms with Crippen LogP contribution < -0.4 is 10.6 Å². The smallest absolute Gasteiger partial charge is 0.291 e. The molecule has 0 spiro atoms. The Morgan fingerprint density at radius 2 is 2.24 bits per heavy atom.